The number of benzene rings is 3. The van der Waals surface area contributed by atoms with Crippen molar-refractivity contribution in [2.45, 2.75) is 6.42 Å². The Morgan fingerprint density at radius 3 is 2.46 bits per heavy atom. The van der Waals surface area contributed by atoms with E-state index in [1.54, 1.807) is 24.3 Å². The minimum absolute atomic E-state index is 0.0114. The normalized spacial score (nSPS) is 11.3. The number of aromatic nitrogens is 1. The zero-order valence-electron chi connectivity index (χ0n) is 18.5. The van der Waals surface area contributed by atoms with Crippen molar-refractivity contribution in [1.82, 2.24) is 15.6 Å². The molecule has 1 heterocycles. The number of nitro benzene ring substituents is 1. The molecule has 0 fully saturated rings. The Balaban J connectivity index is 1.52. The second kappa shape index (κ2) is 10.7. The molecule has 0 saturated heterocycles. The first-order valence-electron chi connectivity index (χ1n) is 10.8. The molecule has 8 nitrogen and oxygen atoms in total. The Hall–Kier alpha value is -4.43. The molecular weight excluding hydrogens is 468 g/mol. The number of halogens is 1. The highest BCUT2D eigenvalue weighted by Crippen LogP contribution is 2.19. The van der Waals surface area contributed by atoms with Gasteiger partial charge in [-0.25, -0.2) is 0 Å². The number of aromatic amines is 1. The first-order valence-corrected chi connectivity index (χ1v) is 11.2. The lowest BCUT2D eigenvalue weighted by molar-refractivity contribution is -0.384. The fourth-order valence-corrected chi connectivity index (χ4v) is 3.82. The van der Waals surface area contributed by atoms with Crippen molar-refractivity contribution in [3.63, 3.8) is 0 Å². The second-order valence-electron chi connectivity index (χ2n) is 7.71. The van der Waals surface area contributed by atoms with E-state index in [1.165, 1.54) is 30.3 Å². The van der Waals surface area contributed by atoms with E-state index in [-0.39, 0.29) is 22.0 Å². The number of amides is 2. The molecule has 0 atom stereocenters. The third-order valence-electron chi connectivity index (χ3n) is 5.38. The number of fused-ring (bicyclic) bond motifs is 1. The molecule has 0 aliphatic carbocycles. The molecule has 0 spiro atoms. The second-order valence-corrected chi connectivity index (χ2v) is 8.11. The molecule has 35 heavy (non-hydrogen) atoms. The van der Waals surface area contributed by atoms with Crippen LogP contribution in [0.5, 0.6) is 0 Å². The van der Waals surface area contributed by atoms with E-state index in [1.807, 2.05) is 30.5 Å². The van der Waals surface area contributed by atoms with Crippen LogP contribution in [0.2, 0.25) is 5.02 Å². The summed E-state index contributed by atoms with van der Waals surface area (Å²) in [5.74, 6) is -1.04. The molecule has 2 amide bonds. The molecular formula is C26H21ClN4O4. The van der Waals surface area contributed by atoms with Crippen molar-refractivity contribution in [2.75, 3.05) is 6.54 Å². The van der Waals surface area contributed by atoms with E-state index in [0.717, 1.165) is 16.5 Å². The summed E-state index contributed by atoms with van der Waals surface area (Å²) in [6.45, 7) is 0.334. The van der Waals surface area contributed by atoms with Crippen LogP contribution in [-0.2, 0) is 11.2 Å². The molecule has 4 rings (SSSR count). The van der Waals surface area contributed by atoms with E-state index in [4.69, 9.17) is 11.6 Å². The van der Waals surface area contributed by atoms with Gasteiger partial charge in [0.25, 0.3) is 17.5 Å². The van der Waals surface area contributed by atoms with Crippen molar-refractivity contribution in [2.24, 2.45) is 0 Å². The van der Waals surface area contributed by atoms with E-state index >= 15 is 0 Å². The lowest BCUT2D eigenvalue weighted by atomic mass is 10.1. The number of nitrogens with zero attached hydrogens (tertiary/aromatic N) is 1. The van der Waals surface area contributed by atoms with Gasteiger partial charge in [0.05, 0.1) is 15.5 Å². The van der Waals surface area contributed by atoms with E-state index < -0.39 is 16.7 Å². The van der Waals surface area contributed by atoms with Gasteiger partial charge < -0.3 is 15.6 Å². The van der Waals surface area contributed by atoms with Gasteiger partial charge in [0.1, 0.15) is 5.70 Å². The standard InChI is InChI=1S/C26H21ClN4O4/c27-22-7-3-1-6-21(22)25(32)30-24(15-17-9-11-19(12-10-17)31(34)35)26(33)28-14-13-18-16-29-23-8-4-2-5-20(18)23/h1-12,15-16,29H,13-14H2,(H,28,33)(H,30,32)/b24-15+. The summed E-state index contributed by atoms with van der Waals surface area (Å²) in [6, 6.07) is 20.0. The van der Waals surface area contributed by atoms with Crippen LogP contribution in [-0.4, -0.2) is 28.3 Å². The number of hydrogen-bond acceptors (Lipinski definition) is 4. The van der Waals surface area contributed by atoms with Crippen LogP contribution < -0.4 is 10.6 Å². The third-order valence-corrected chi connectivity index (χ3v) is 5.71. The SMILES string of the molecule is O=C(NCCc1c[nH]c2ccccc12)/C(=C\c1ccc([N+](=O)[O-])cc1)NC(=O)c1ccccc1Cl. The van der Waals surface area contributed by atoms with Crippen LogP contribution in [0.3, 0.4) is 0 Å². The van der Waals surface area contributed by atoms with Gasteiger partial charge in [0, 0.05) is 35.8 Å². The number of nitrogens with one attached hydrogen (secondary N) is 3. The molecule has 1 aromatic heterocycles. The number of hydrogen-bond donors (Lipinski definition) is 3. The maximum absolute atomic E-state index is 13.0. The van der Waals surface area contributed by atoms with Crippen LogP contribution in [0.25, 0.3) is 17.0 Å². The van der Waals surface area contributed by atoms with Gasteiger partial charge in [-0.3, -0.25) is 19.7 Å². The summed E-state index contributed by atoms with van der Waals surface area (Å²) in [5.41, 5.74) is 2.71. The van der Waals surface area contributed by atoms with Crippen LogP contribution >= 0.6 is 11.6 Å². The van der Waals surface area contributed by atoms with Crippen molar-refractivity contribution in [3.05, 3.63) is 117 Å². The highest BCUT2D eigenvalue weighted by Gasteiger charge is 2.17. The predicted molar refractivity (Wildman–Crippen MR) is 135 cm³/mol. The summed E-state index contributed by atoms with van der Waals surface area (Å²) in [6.07, 6.45) is 3.95. The quantitative estimate of drug-likeness (QED) is 0.186. The van der Waals surface area contributed by atoms with Gasteiger partial charge >= 0.3 is 0 Å². The molecule has 3 N–H and O–H groups in total. The topological polar surface area (TPSA) is 117 Å². The predicted octanol–water partition coefficient (Wildman–Crippen LogP) is 4.86. The first-order chi connectivity index (χ1) is 16.9. The van der Waals surface area contributed by atoms with Crippen LogP contribution in [0.4, 0.5) is 5.69 Å². The average molecular weight is 489 g/mol. The molecule has 4 aromatic rings. The van der Waals surface area contributed by atoms with Gasteiger partial charge in [-0.1, -0.05) is 41.9 Å². The molecule has 0 saturated carbocycles. The average Bonchev–Trinajstić information content (AvgIpc) is 3.27. The van der Waals surface area contributed by atoms with Gasteiger partial charge in [0.15, 0.2) is 0 Å². The summed E-state index contributed by atoms with van der Waals surface area (Å²) in [4.78, 5) is 39.5. The van der Waals surface area contributed by atoms with Gasteiger partial charge in [-0.2, -0.15) is 0 Å². The molecule has 176 valence electrons. The monoisotopic (exact) mass is 488 g/mol. The lowest BCUT2D eigenvalue weighted by Gasteiger charge is -2.12. The van der Waals surface area contributed by atoms with Gasteiger partial charge in [-0.05, 0) is 54.0 Å². The highest BCUT2D eigenvalue weighted by molar-refractivity contribution is 6.34. The van der Waals surface area contributed by atoms with Crippen molar-refractivity contribution in [1.29, 1.82) is 0 Å². The number of carbonyl (C=O) groups is 2. The number of carbonyl (C=O) groups excluding carboxylic acids is 2. The molecule has 0 radical (unpaired) electrons. The number of para-hydroxylation sites is 1. The van der Waals surface area contributed by atoms with Gasteiger partial charge in [-0.15, -0.1) is 0 Å². The Labute approximate surface area is 205 Å². The zero-order valence-corrected chi connectivity index (χ0v) is 19.2. The zero-order chi connectivity index (χ0) is 24.8. The number of rotatable bonds is 8. The van der Waals surface area contributed by atoms with Crippen LogP contribution in [0.1, 0.15) is 21.5 Å². The lowest BCUT2D eigenvalue weighted by Crippen LogP contribution is -2.35. The minimum Gasteiger partial charge on any atom is -0.361 e. The summed E-state index contributed by atoms with van der Waals surface area (Å²) in [7, 11) is 0. The first kappa shape index (κ1) is 23.7. The largest absolute Gasteiger partial charge is 0.361 e. The van der Waals surface area contributed by atoms with E-state index in [0.29, 0.717) is 18.5 Å². The molecule has 0 unspecified atom stereocenters. The highest BCUT2D eigenvalue weighted by atomic mass is 35.5. The minimum atomic E-state index is -0.546. The van der Waals surface area contributed by atoms with E-state index in [9.17, 15) is 19.7 Å². The molecule has 9 heteroatoms. The smallest absolute Gasteiger partial charge is 0.269 e. The molecule has 0 aliphatic heterocycles. The maximum atomic E-state index is 13.0. The van der Waals surface area contributed by atoms with Crippen LogP contribution in [0.15, 0.2) is 84.7 Å². The summed E-state index contributed by atoms with van der Waals surface area (Å²) in [5, 5.41) is 17.7. The summed E-state index contributed by atoms with van der Waals surface area (Å²) < 4.78 is 0. The van der Waals surface area contributed by atoms with Gasteiger partial charge in [0.2, 0.25) is 0 Å². The Kier molecular flexibility index (Phi) is 7.23. The van der Waals surface area contributed by atoms with Crippen molar-refractivity contribution < 1.29 is 14.5 Å². The molecule has 3 aromatic carbocycles. The van der Waals surface area contributed by atoms with E-state index in [2.05, 4.69) is 15.6 Å². The Bertz CT molecular complexity index is 1430. The third kappa shape index (κ3) is 5.74. The van der Waals surface area contributed by atoms with Crippen molar-refractivity contribution >= 4 is 46.1 Å². The number of nitro groups is 1. The fraction of sp³-hybridized carbons (Fsp3) is 0.0769. The molecule has 0 aliphatic rings. The summed E-state index contributed by atoms with van der Waals surface area (Å²) >= 11 is 6.13. The molecule has 0 bridgehead atoms. The fourth-order valence-electron chi connectivity index (χ4n) is 3.60. The Morgan fingerprint density at radius 1 is 1.00 bits per heavy atom. The maximum Gasteiger partial charge on any atom is 0.269 e. The Morgan fingerprint density at radius 2 is 1.71 bits per heavy atom. The van der Waals surface area contributed by atoms with Crippen molar-refractivity contribution in [3.8, 4) is 0 Å². The number of non-ortho nitro benzene ring substituents is 1. The van der Waals surface area contributed by atoms with Crippen LogP contribution in [0, 0.1) is 10.1 Å². The number of H-pyrrole nitrogens is 1.